The molecule has 1 atom stereocenters. The summed E-state index contributed by atoms with van der Waals surface area (Å²) in [4.78, 5) is 0. The van der Waals surface area contributed by atoms with E-state index in [4.69, 9.17) is 10.2 Å². The highest BCUT2D eigenvalue weighted by molar-refractivity contribution is 5.87. The Bertz CT molecular complexity index is 741. The molecule has 0 fully saturated rings. The van der Waals surface area contributed by atoms with Crippen LogP contribution >= 0.6 is 0 Å². The molecule has 4 nitrogen and oxygen atoms in total. The van der Waals surface area contributed by atoms with Gasteiger partial charge in [-0.25, -0.2) is 0 Å². The molecule has 0 amide bonds. The van der Waals surface area contributed by atoms with E-state index in [0.29, 0.717) is 0 Å². The van der Waals surface area contributed by atoms with E-state index in [2.05, 4.69) is 30.1 Å². The zero-order valence-corrected chi connectivity index (χ0v) is 12.5. The number of para-hydroxylation sites is 1. The summed E-state index contributed by atoms with van der Waals surface area (Å²) >= 11 is 0. The number of furan rings is 1. The summed E-state index contributed by atoms with van der Waals surface area (Å²) in [5.74, 6) is 0.867. The number of fused-ring (bicyclic) bond motifs is 1. The van der Waals surface area contributed by atoms with Crippen molar-refractivity contribution in [2.24, 2.45) is 5.73 Å². The maximum atomic E-state index is 6.01. The minimum Gasteiger partial charge on any atom is -0.454 e. The number of hydrogen-bond acceptors (Lipinski definition) is 3. The number of H-pyrrole nitrogens is 1. The van der Waals surface area contributed by atoms with E-state index in [0.717, 1.165) is 42.0 Å². The highest BCUT2D eigenvalue weighted by atomic mass is 16.3. The molecule has 1 aromatic carbocycles. The zero-order valence-electron chi connectivity index (χ0n) is 12.5. The molecule has 0 aliphatic rings. The van der Waals surface area contributed by atoms with Crippen LogP contribution in [0, 0.1) is 0 Å². The quantitative estimate of drug-likeness (QED) is 0.750. The molecule has 1 unspecified atom stereocenters. The predicted octanol–water partition coefficient (Wildman–Crippen LogP) is 3.67. The van der Waals surface area contributed by atoms with E-state index in [1.165, 1.54) is 10.9 Å². The van der Waals surface area contributed by atoms with Crippen LogP contribution in [0.1, 0.15) is 31.5 Å². The molecule has 0 bridgehead atoms. The van der Waals surface area contributed by atoms with Gasteiger partial charge >= 0.3 is 0 Å². The van der Waals surface area contributed by atoms with Crippen LogP contribution in [0.5, 0.6) is 0 Å². The molecule has 2 heterocycles. The predicted molar refractivity (Wildman–Crippen MR) is 85.1 cm³/mol. The Labute approximate surface area is 124 Å². The molecule has 0 radical (unpaired) electrons. The third kappa shape index (κ3) is 2.59. The molecular weight excluding hydrogens is 262 g/mol. The van der Waals surface area contributed by atoms with Gasteiger partial charge in [-0.2, -0.15) is 5.10 Å². The average Bonchev–Trinajstić information content (AvgIpc) is 3.10. The first kappa shape index (κ1) is 13.9. The van der Waals surface area contributed by atoms with Crippen molar-refractivity contribution in [2.75, 3.05) is 0 Å². The van der Waals surface area contributed by atoms with E-state index in [9.17, 15) is 0 Å². The fourth-order valence-electron chi connectivity index (χ4n) is 2.67. The molecular formula is C17H21N3O. The van der Waals surface area contributed by atoms with Gasteiger partial charge < -0.3 is 10.2 Å². The second-order valence-electron chi connectivity index (χ2n) is 5.41. The van der Waals surface area contributed by atoms with Gasteiger partial charge in [-0.1, -0.05) is 32.0 Å². The van der Waals surface area contributed by atoms with Crippen molar-refractivity contribution < 1.29 is 4.42 Å². The largest absolute Gasteiger partial charge is 0.454 e. The van der Waals surface area contributed by atoms with E-state index in [1.54, 1.807) is 0 Å². The molecule has 0 saturated heterocycles. The monoisotopic (exact) mass is 283 g/mol. The maximum Gasteiger partial charge on any atom is 0.158 e. The molecule has 0 spiro atoms. The van der Waals surface area contributed by atoms with Crippen LogP contribution in [0.25, 0.3) is 22.4 Å². The van der Waals surface area contributed by atoms with Gasteiger partial charge in [0.1, 0.15) is 11.3 Å². The van der Waals surface area contributed by atoms with Crippen LogP contribution in [-0.2, 0) is 12.8 Å². The van der Waals surface area contributed by atoms with Crippen molar-refractivity contribution in [1.29, 1.82) is 0 Å². The van der Waals surface area contributed by atoms with Gasteiger partial charge in [0.2, 0.25) is 0 Å². The lowest BCUT2D eigenvalue weighted by Gasteiger charge is -2.04. The zero-order chi connectivity index (χ0) is 14.8. The van der Waals surface area contributed by atoms with Crippen LogP contribution in [0.15, 0.2) is 34.7 Å². The van der Waals surface area contributed by atoms with Crippen LogP contribution in [0.4, 0.5) is 0 Å². The second kappa shape index (κ2) is 5.74. The number of rotatable bonds is 5. The maximum absolute atomic E-state index is 6.01. The van der Waals surface area contributed by atoms with Crippen LogP contribution < -0.4 is 5.73 Å². The van der Waals surface area contributed by atoms with E-state index >= 15 is 0 Å². The number of nitrogens with two attached hydrogens (primary N) is 1. The lowest BCUT2D eigenvalue weighted by Crippen LogP contribution is -2.21. The number of nitrogens with zero attached hydrogens (tertiary/aromatic N) is 1. The summed E-state index contributed by atoms with van der Waals surface area (Å²) in [7, 11) is 0. The van der Waals surface area contributed by atoms with Crippen LogP contribution in [0.3, 0.4) is 0 Å². The Morgan fingerprint density at radius 2 is 2.10 bits per heavy atom. The number of aromatic nitrogens is 2. The number of nitrogens with one attached hydrogen (secondary N) is 1. The molecule has 0 saturated carbocycles. The van der Waals surface area contributed by atoms with Gasteiger partial charge in [-0.3, -0.25) is 5.10 Å². The minimum absolute atomic E-state index is 0.166. The Hall–Kier alpha value is -2.07. The molecule has 21 heavy (non-hydrogen) atoms. The Balaban J connectivity index is 2.00. The van der Waals surface area contributed by atoms with E-state index in [-0.39, 0.29) is 6.04 Å². The van der Waals surface area contributed by atoms with Crippen molar-refractivity contribution in [3.05, 3.63) is 41.6 Å². The van der Waals surface area contributed by atoms with Crippen molar-refractivity contribution in [3.63, 3.8) is 0 Å². The first-order valence-electron chi connectivity index (χ1n) is 7.53. The summed E-state index contributed by atoms with van der Waals surface area (Å²) in [6.07, 6.45) is 2.69. The highest BCUT2D eigenvalue weighted by Crippen LogP contribution is 2.33. The van der Waals surface area contributed by atoms with Crippen LogP contribution in [0.2, 0.25) is 0 Å². The average molecular weight is 283 g/mol. The molecule has 2 aromatic heterocycles. The Kier molecular flexibility index (Phi) is 3.80. The first-order chi connectivity index (χ1) is 10.2. The van der Waals surface area contributed by atoms with Crippen molar-refractivity contribution in [3.8, 4) is 11.5 Å². The summed E-state index contributed by atoms with van der Waals surface area (Å²) in [6, 6.07) is 10.3. The SMILES string of the molecule is CCc1c(-c2cc(CC(N)CC)[nH]n2)oc2ccccc12. The van der Waals surface area contributed by atoms with Gasteiger partial charge in [0.05, 0.1) is 0 Å². The molecule has 0 aliphatic heterocycles. The number of aromatic amines is 1. The first-order valence-corrected chi connectivity index (χ1v) is 7.53. The van der Waals surface area contributed by atoms with Gasteiger partial charge in [-0.15, -0.1) is 0 Å². The Morgan fingerprint density at radius 1 is 1.29 bits per heavy atom. The fraction of sp³-hybridized carbons (Fsp3) is 0.353. The molecule has 3 rings (SSSR count). The molecule has 3 N–H and O–H groups in total. The van der Waals surface area contributed by atoms with Crippen molar-refractivity contribution in [2.45, 2.75) is 39.2 Å². The van der Waals surface area contributed by atoms with E-state index in [1.807, 2.05) is 24.3 Å². The second-order valence-corrected chi connectivity index (χ2v) is 5.41. The summed E-state index contributed by atoms with van der Waals surface area (Å²) < 4.78 is 6.01. The lowest BCUT2D eigenvalue weighted by atomic mass is 10.1. The van der Waals surface area contributed by atoms with Crippen molar-refractivity contribution in [1.82, 2.24) is 10.2 Å². The molecule has 110 valence electrons. The van der Waals surface area contributed by atoms with Gasteiger partial charge in [0, 0.05) is 29.1 Å². The third-order valence-electron chi connectivity index (χ3n) is 3.92. The third-order valence-corrected chi connectivity index (χ3v) is 3.92. The van der Waals surface area contributed by atoms with Gasteiger partial charge in [0.15, 0.2) is 5.76 Å². The van der Waals surface area contributed by atoms with Crippen LogP contribution in [-0.4, -0.2) is 16.2 Å². The molecule has 3 aromatic rings. The lowest BCUT2D eigenvalue weighted by molar-refractivity contribution is 0.624. The molecule has 4 heteroatoms. The Morgan fingerprint density at radius 3 is 2.86 bits per heavy atom. The minimum atomic E-state index is 0.166. The van der Waals surface area contributed by atoms with Crippen molar-refractivity contribution >= 4 is 11.0 Å². The highest BCUT2D eigenvalue weighted by Gasteiger charge is 2.17. The molecule has 0 aliphatic carbocycles. The van der Waals surface area contributed by atoms with E-state index < -0.39 is 0 Å². The summed E-state index contributed by atoms with van der Waals surface area (Å²) in [5, 5.41) is 8.65. The fourth-order valence-corrected chi connectivity index (χ4v) is 2.67. The van der Waals surface area contributed by atoms with Gasteiger partial charge in [-0.05, 0) is 25.0 Å². The number of benzene rings is 1. The summed E-state index contributed by atoms with van der Waals surface area (Å²) in [5.41, 5.74) is 10.0. The van der Waals surface area contributed by atoms with Gasteiger partial charge in [0.25, 0.3) is 0 Å². The summed E-state index contributed by atoms with van der Waals surface area (Å²) in [6.45, 7) is 4.23. The standard InChI is InChI=1S/C17H21N3O/c1-3-11(18)9-12-10-15(20-19-12)17-13(4-2)14-7-5-6-8-16(14)21-17/h5-8,10-11H,3-4,9,18H2,1-2H3,(H,19,20). The topological polar surface area (TPSA) is 67.8 Å². The number of aryl methyl sites for hydroxylation is 1. The normalized spacial score (nSPS) is 12.9. The number of hydrogen-bond donors (Lipinski definition) is 2. The smallest absolute Gasteiger partial charge is 0.158 e.